The number of hydrogen-bond acceptors (Lipinski definition) is 12. The van der Waals surface area contributed by atoms with Gasteiger partial charge in [-0.15, -0.1) is 0 Å². The second-order valence-corrected chi connectivity index (χ2v) is 10.5. The third-order valence-corrected chi connectivity index (χ3v) is 6.41. The number of methoxy groups -OCH3 is 3. The predicted octanol–water partition coefficient (Wildman–Crippen LogP) is 6.35. The van der Waals surface area contributed by atoms with Crippen LogP contribution in [0, 0.1) is 5.82 Å². The molecular weight excluding hydrogens is 567 g/mol. The topological polar surface area (TPSA) is 156 Å². The van der Waals surface area contributed by atoms with Gasteiger partial charge in [-0.1, -0.05) is 28.1 Å². The van der Waals surface area contributed by atoms with Gasteiger partial charge < -0.3 is 34.5 Å². The number of nitrogen functional groups attached to an aromatic ring is 1. The second-order valence-electron chi connectivity index (χ2n) is 9.13. The van der Waals surface area contributed by atoms with E-state index in [4.69, 9.17) is 40.8 Å². The van der Waals surface area contributed by atoms with E-state index in [1.165, 1.54) is 27.4 Å². The summed E-state index contributed by atoms with van der Waals surface area (Å²) in [6.45, 7) is 5.06. The molecule has 2 heterocycles. The summed E-state index contributed by atoms with van der Waals surface area (Å²) < 4.78 is 41.2. The molecule has 0 saturated heterocycles. The van der Waals surface area contributed by atoms with E-state index >= 15 is 0 Å². The Morgan fingerprint density at radius 3 is 2.35 bits per heavy atom. The summed E-state index contributed by atoms with van der Waals surface area (Å²) in [4.78, 5) is 21.2. The number of thiazole rings is 1. The molecule has 0 atom stereocenters. The number of nitrogens with two attached hydrogens (primary N) is 1. The van der Waals surface area contributed by atoms with Crippen LogP contribution in [0.15, 0.2) is 28.8 Å². The van der Waals surface area contributed by atoms with Gasteiger partial charge in [-0.2, -0.15) is 4.98 Å². The van der Waals surface area contributed by atoms with Crippen LogP contribution in [0.1, 0.15) is 20.8 Å². The number of rotatable bonds is 8. The molecule has 2 aromatic heterocycles. The third-order valence-electron chi connectivity index (χ3n) is 5.12. The Morgan fingerprint density at radius 1 is 1.07 bits per heavy atom. The van der Waals surface area contributed by atoms with Crippen molar-refractivity contribution >= 4 is 51.4 Å². The molecule has 1 amide bonds. The molecule has 0 aliphatic rings. The van der Waals surface area contributed by atoms with Crippen molar-refractivity contribution < 1.29 is 32.7 Å². The Morgan fingerprint density at radius 2 is 1.75 bits per heavy atom. The Labute approximate surface area is 237 Å². The molecule has 0 saturated carbocycles. The molecule has 12 nitrogen and oxygen atoms in total. The Bertz CT molecular complexity index is 1530. The van der Waals surface area contributed by atoms with E-state index in [0.29, 0.717) is 32.9 Å². The van der Waals surface area contributed by atoms with Gasteiger partial charge in [0.2, 0.25) is 11.6 Å². The van der Waals surface area contributed by atoms with Gasteiger partial charge in [-0.3, -0.25) is 5.32 Å². The first-order chi connectivity index (χ1) is 18.9. The molecule has 0 fully saturated rings. The summed E-state index contributed by atoms with van der Waals surface area (Å²) in [6.07, 6.45) is -0.835. The van der Waals surface area contributed by atoms with Gasteiger partial charge in [0.05, 0.1) is 32.0 Å². The van der Waals surface area contributed by atoms with Crippen molar-refractivity contribution in [1.82, 2.24) is 15.1 Å². The highest BCUT2D eigenvalue weighted by molar-refractivity contribution is 7.19. The summed E-state index contributed by atoms with van der Waals surface area (Å²) in [7, 11) is 4.53. The van der Waals surface area contributed by atoms with Gasteiger partial charge in [0, 0.05) is 23.4 Å². The first-order valence-electron chi connectivity index (χ1n) is 11.6. The molecule has 0 aliphatic heterocycles. The fourth-order valence-corrected chi connectivity index (χ4v) is 4.53. The zero-order valence-electron chi connectivity index (χ0n) is 22.3. The van der Waals surface area contributed by atoms with Crippen LogP contribution in [0.25, 0.3) is 22.2 Å². The summed E-state index contributed by atoms with van der Waals surface area (Å²) in [5.41, 5.74) is 6.01. The summed E-state index contributed by atoms with van der Waals surface area (Å²) >= 11 is 7.40. The quantitative estimate of drug-likeness (QED) is 0.209. The fraction of sp³-hybridized carbons (Fsp3) is 0.280. The number of aromatic nitrogens is 3. The molecule has 15 heteroatoms. The zero-order valence-corrected chi connectivity index (χ0v) is 23.9. The van der Waals surface area contributed by atoms with Gasteiger partial charge in [-0.25, -0.2) is 14.2 Å². The van der Waals surface area contributed by atoms with Gasteiger partial charge in [0.25, 0.3) is 5.89 Å². The van der Waals surface area contributed by atoms with Gasteiger partial charge in [0.15, 0.2) is 16.6 Å². The number of hydrogen-bond donors (Lipinski definition) is 3. The van der Waals surface area contributed by atoms with Crippen LogP contribution in [-0.2, 0) is 4.74 Å². The van der Waals surface area contributed by atoms with Crippen LogP contribution in [0.2, 0.25) is 5.02 Å². The number of anilines is 4. The summed E-state index contributed by atoms with van der Waals surface area (Å²) in [5.74, 6) is 0.811. The van der Waals surface area contributed by atoms with E-state index in [0.717, 1.165) is 17.4 Å². The molecule has 4 rings (SSSR count). The SMILES string of the molecule is COc1cc(Nc2nc(N)c(-c3nc(-c4cc(NC(=O)OC(C)(C)C)c(F)cc4Cl)no3)s2)cc(OC)c1OC. The van der Waals surface area contributed by atoms with Crippen molar-refractivity contribution in [1.29, 1.82) is 0 Å². The van der Waals surface area contributed by atoms with E-state index in [1.807, 2.05) is 0 Å². The van der Waals surface area contributed by atoms with Crippen molar-refractivity contribution in [2.45, 2.75) is 26.4 Å². The van der Waals surface area contributed by atoms with Crippen LogP contribution in [0.3, 0.4) is 0 Å². The Hall–Kier alpha value is -4.30. The first kappa shape index (κ1) is 28.7. The number of nitrogens with one attached hydrogen (secondary N) is 2. The van der Waals surface area contributed by atoms with Crippen LogP contribution >= 0.6 is 22.9 Å². The average molecular weight is 593 g/mol. The molecule has 0 unspecified atom stereocenters. The number of nitrogens with zero attached hydrogens (tertiary/aromatic N) is 3. The molecule has 0 bridgehead atoms. The van der Waals surface area contributed by atoms with Crippen molar-refractivity contribution in [2.24, 2.45) is 0 Å². The number of carbonyl (C=O) groups excluding carboxylic acids is 1. The van der Waals surface area contributed by atoms with E-state index in [9.17, 15) is 9.18 Å². The van der Waals surface area contributed by atoms with Crippen molar-refractivity contribution in [3.8, 4) is 39.4 Å². The summed E-state index contributed by atoms with van der Waals surface area (Å²) in [5, 5.41) is 9.87. The lowest BCUT2D eigenvalue weighted by Crippen LogP contribution is -2.27. The number of ether oxygens (including phenoxy) is 4. The van der Waals surface area contributed by atoms with Gasteiger partial charge >= 0.3 is 6.09 Å². The number of carbonyl (C=O) groups is 1. The highest BCUT2D eigenvalue weighted by Crippen LogP contribution is 2.42. The Balaban J connectivity index is 1.60. The minimum absolute atomic E-state index is 0.00150. The number of amides is 1. The third kappa shape index (κ3) is 6.29. The molecule has 0 aliphatic carbocycles. The molecular formula is C25H26ClFN6O6S. The summed E-state index contributed by atoms with van der Waals surface area (Å²) in [6, 6.07) is 5.73. The van der Waals surface area contributed by atoms with Gasteiger partial charge in [0.1, 0.15) is 22.1 Å². The number of halogens is 2. The normalized spacial score (nSPS) is 11.2. The lowest BCUT2D eigenvalue weighted by atomic mass is 10.1. The molecule has 2 aromatic carbocycles. The first-order valence-corrected chi connectivity index (χ1v) is 12.8. The van der Waals surface area contributed by atoms with E-state index in [2.05, 4.69) is 25.8 Å². The maximum atomic E-state index is 14.5. The molecule has 212 valence electrons. The maximum absolute atomic E-state index is 14.5. The standard InChI is InChI=1S/C25H26ClFN6O6S/c1-25(2,3)38-24(34)30-15-9-12(13(26)10-14(15)27)21-32-22(39-33-21)19-20(28)31-23(40-19)29-11-7-16(35-4)18(37-6)17(8-11)36-5/h7-10H,28H2,1-6H3,(H,29,31)(H,30,34). The highest BCUT2D eigenvalue weighted by atomic mass is 35.5. The second kappa shape index (κ2) is 11.4. The van der Waals surface area contributed by atoms with Crippen molar-refractivity contribution in [3.63, 3.8) is 0 Å². The van der Waals surface area contributed by atoms with Crippen molar-refractivity contribution in [3.05, 3.63) is 35.1 Å². The monoisotopic (exact) mass is 592 g/mol. The van der Waals surface area contributed by atoms with Gasteiger partial charge in [-0.05, 0) is 32.9 Å². The fourth-order valence-electron chi connectivity index (χ4n) is 3.47. The van der Waals surface area contributed by atoms with Crippen LogP contribution in [-0.4, -0.2) is 48.1 Å². The minimum Gasteiger partial charge on any atom is -0.493 e. The lowest BCUT2D eigenvalue weighted by molar-refractivity contribution is 0.0635. The number of benzene rings is 2. The van der Waals surface area contributed by atoms with Crippen LogP contribution < -0.4 is 30.6 Å². The minimum atomic E-state index is -0.835. The smallest absolute Gasteiger partial charge is 0.412 e. The van der Waals surface area contributed by atoms with E-state index in [1.54, 1.807) is 32.9 Å². The van der Waals surface area contributed by atoms with Crippen LogP contribution in [0.5, 0.6) is 17.2 Å². The molecule has 0 radical (unpaired) electrons. The lowest BCUT2D eigenvalue weighted by Gasteiger charge is -2.20. The average Bonchev–Trinajstić information content (AvgIpc) is 3.50. The van der Waals surface area contributed by atoms with E-state index < -0.39 is 17.5 Å². The van der Waals surface area contributed by atoms with Crippen LogP contribution in [0.4, 0.5) is 31.5 Å². The molecule has 40 heavy (non-hydrogen) atoms. The predicted molar refractivity (Wildman–Crippen MR) is 149 cm³/mol. The van der Waals surface area contributed by atoms with Crippen molar-refractivity contribution in [2.75, 3.05) is 37.7 Å². The maximum Gasteiger partial charge on any atom is 0.412 e. The highest BCUT2D eigenvalue weighted by Gasteiger charge is 2.23. The Kier molecular flexibility index (Phi) is 8.21. The van der Waals surface area contributed by atoms with E-state index in [-0.39, 0.29) is 33.8 Å². The zero-order chi connectivity index (χ0) is 29.2. The molecule has 4 aromatic rings. The molecule has 4 N–H and O–H groups in total. The molecule has 0 spiro atoms. The largest absolute Gasteiger partial charge is 0.493 e.